The Labute approximate surface area is 282 Å². The van der Waals surface area contributed by atoms with Gasteiger partial charge in [0, 0.05) is 63.0 Å². The standard InChI is InChI=1S/C32H80Si11/c1-25(2)38(26(3)4)33-34-40(29(9)10,30(11)12)42(38,35(17,18)19)37(23,24)43(36(20,21)22,39(33,27(5)6)28(7)8)41(34,31(13)14)32(15)16/h25-32H,1-24H3. The average molecular weight is 774 g/mol. The zero-order valence-electron chi connectivity index (χ0n) is 34.1. The molecule has 0 aromatic carbocycles. The Kier molecular flexibility index (Phi) is 10.4. The van der Waals surface area contributed by atoms with Crippen LogP contribution in [0.25, 0.3) is 0 Å². The van der Waals surface area contributed by atoms with Gasteiger partial charge in [0.25, 0.3) is 0 Å². The summed E-state index contributed by atoms with van der Waals surface area (Å²) in [6.07, 6.45) is -3.14. The fourth-order valence-corrected chi connectivity index (χ4v) is 921. The lowest BCUT2D eigenvalue weighted by molar-refractivity contribution is 0.925. The highest BCUT2D eigenvalue weighted by Crippen LogP contribution is 2.76. The molecule has 0 N–H and O–H groups in total. The van der Waals surface area contributed by atoms with Gasteiger partial charge in [0.15, 0.2) is 0 Å². The Hall–Kier alpha value is 2.39. The summed E-state index contributed by atoms with van der Waals surface area (Å²) >= 11 is 0. The van der Waals surface area contributed by atoms with E-state index in [1.165, 1.54) is 0 Å². The second kappa shape index (κ2) is 11.2. The SMILES string of the molecule is CC(C)[Si]1(C(C)C)[Si]2=[Si]3[Si](C(C)C)(C(C)C)[Si]1([Si](C)(C)C)[Si](C)(C)[Si]([Si](C)(C)C)([Si]2(C(C)C)C(C)C)[Si]3(C(C)C)C(C)C. The highest BCUT2D eigenvalue weighted by molar-refractivity contribution is 8.50. The zero-order chi connectivity index (χ0) is 34.3. The van der Waals surface area contributed by atoms with Gasteiger partial charge < -0.3 is 0 Å². The Morgan fingerprint density at radius 1 is 0.326 bits per heavy atom. The fourth-order valence-electron chi connectivity index (χ4n) is 18.1. The molecule has 4 bridgehead atoms. The lowest BCUT2D eigenvalue weighted by atomic mass is 10.5. The molecule has 0 aromatic rings. The quantitative estimate of drug-likeness (QED) is 0.194. The Balaban J connectivity index is 3.23. The van der Waals surface area contributed by atoms with Crippen molar-refractivity contribution in [1.29, 1.82) is 0 Å². The van der Waals surface area contributed by atoms with Gasteiger partial charge in [-0.05, 0) is 13.9 Å². The molecule has 0 atom stereocenters. The first-order valence-corrected chi connectivity index (χ1v) is 57.4. The molecule has 4 heterocycles. The van der Waals surface area contributed by atoms with E-state index in [9.17, 15) is 0 Å². The van der Waals surface area contributed by atoms with Gasteiger partial charge in [0.1, 0.15) is 0 Å². The highest BCUT2D eigenvalue weighted by Gasteiger charge is 3.02. The molecule has 0 spiro atoms. The maximum Gasteiger partial charge on any atom is 0.0482 e. The lowest BCUT2D eigenvalue weighted by Gasteiger charge is -2.86. The van der Waals surface area contributed by atoms with Crippen LogP contribution in [0.2, 0.25) is 96.7 Å². The van der Waals surface area contributed by atoms with Crippen molar-refractivity contribution in [2.45, 2.75) is 207 Å². The molecule has 0 saturated carbocycles. The second-order valence-electron chi connectivity index (χ2n) is 21.1. The summed E-state index contributed by atoms with van der Waals surface area (Å²) < 4.78 is 0. The van der Waals surface area contributed by atoms with E-state index in [0.29, 0.717) is 0 Å². The van der Waals surface area contributed by atoms with Crippen LogP contribution < -0.4 is 0 Å². The largest absolute Gasteiger partial charge is 0.0742 e. The smallest absolute Gasteiger partial charge is 0.0482 e. The van der Waals surface area contributed by atoms with E-state index >= 15 is 0 Å². The molecule has 11 heteroatoms. The predicted molar refractivity (Wildman–Crippen MR) is 231 cm³/mol. The number of rotatable bonds is 10. The first kappa shape index (κ1) is 39.8. The normalized spacial score (nSPS) is 26.2. The molecule has 2 saturated heterocycles. The Morgan fingerprint density at radius 2 is 0.465 bits per heavy atom. The van der Waals surface area contributed by atoms with E-state index < -0.39 is 63.0 Å². The van der Waals surface area contributed by atoms with Crippen LogP contribution in [0.4, 0.5) is 0 Å². The summed E-state index contributed by atoms with van der Waals surface area (Å²) in [5.41, 5.74) is 8.56. The summed E-state index contributed by atoms with van der Waals surface area (Å²) in [7, 11) is -10.8. The summed E-state index contributed by atoms with van der Waals surface area (Å²) in [5, 5.41) is 0. The van der Waals surface area contributed by atoms with Crippen LogP contribution in [0.1, 0.15) is 111 Å². The van der Waals surface area contributed by atoms with Crippen LogP contribution >= 0.6 is 0 Å². The minimum Gasteiger partial charge on any atom is -0.0742 e. The fraction of sp³-hybridized carbons (Fsp3) is 1.00. The van der Waals surface area contributed by atoms with Gasteiger partial charge in [-0.3, -0.25) is 0 Å². The molecular formula is C32H80Si11. The first-order valence-electron chi connectivity index (χ1n) is 18.8. The molecule has 0 aliphatic carbocycles. The summed E-state index contributed by atoms with van der Waals surface area (Å²) in [5.74, 6) is 0. The summed E-state index contributed by atoms with van der Waals surface area (Å²) in [4.78, 5) is 0. The molecule has 0 aromatic heterocycles. The molecule has 43 heavy (non-hydrogen) atoms. The van der Waals surface area contributed by atoms with Crippen LogP contribution in [-0.4, -0.2) is 76.9 Å². The van der Waals surface area contributed by atoms with Crippen LogP contribution in [0.3, 0.4) is 0 Å². The van der Waals surface area contributed by atoms with Crippen molar-refractivity contribution in [3.8, 4) is 0 Å². The van der Waals surface area contributed by atoms with Crippen molar-refractivity contribution in [3.63, 3.8) is 0 Å². The van der Waals surface area contributed by atoms with E-state index in [4.69, 9.17) is 0 Å². The highest BCUT2D eigenvalue weighted by atomic mass is 30.7. The van der Waals surface area contributed by atoms with Gasteiger partial charge in [-0.25, -0.2) is 0 Å². The maximum absolute atomic E-state index is 3.41. The summed E-state index contributed by atoms with van der Waals surface area (Å²) in [6, 6.07) is 0. The summed E-state index contributed by atoms with van der Waals surface area (Å²) in [6.45, 7) is 72.2. The van der Waals surface area contributed by atoms with Crippen LogP contribution in [0, 0.1) is 0 Å². The first-order chi connectivity index (χ1) is 19.0. The lowest BCUT2D eigenvalue weighted by Crippen LogP contribution is -3.16. The third-order valence-electron chi connectivity index (χ3n) is 15.8. The Morgan fingerprint density at radius 3 is 0.558 bits per heavy atom. The van der Waals surface area contributed by atoms with Gasteiger partial charge in [0.05, 0.1) is 0 Å². The molecule has 4 rings (SSSR count). The minimum absolute atomic E-state index is 0.319. The van der Waals surface area contributed by atoms with Crippen molar-refractivity contribution in [2.75, 3.05) is 0 Å². The van der Waals surface area contributed by atoms with Crippen LogP contribution in [-0.2, 0) is 0 Å². The number of hydrogen-bond donors (Lipinski definition) is 0. The third-order valence-corrected chi connectivity index (χ3v) is 381. The molecule has 252 valence electrons. The zero-order valence-corrected chi connectivity index (χ0v) is 45.1. The average Bonchev–Trinajstić information content (AvgIpc) is 3.16. The molecule has 4 aliphatic heterocycles. The van der Waals surface area contributed by atoms with Crippen molar-refractivity contribution in [3.05, 3.63) is 0 Å². The molecular weight excluding hydrogens is 693 g/mol. The molecule has 0 unspecified atom stereocenters. The van der Waals surface area contributed by atoms with Gasteiger partial charge >= 0.3 is 0 Å². The molecule has 0 radical (unpaired) electrons. The van der Waals surface area contributed by atoms with E-state index in [1.807, 2.05) is 0 Å². The molecule has 0 amide bonds. The van der Waals surface area contributed by atoms with Crippen molar-refractivity contribution >= 4 is 76.9 Å². The molecule has 2 fully saturated rings. The predicted octanol–water partition coefficient (Wildman–Crippen LogP) is 11.4. The third kappa shape index (κ3) is 3.53. The van der Waals surface area contributed by atoms with Crippen LogP contribution in [0.5, 0.6) is 0 Å². The van der Waals surface area contributed by atoms with Crippen molar-refractivity contribution in [1.82, 2.24) is 0 Å². The Bertz CT molecular complexity index is 951. The van der Waals surface area contributed by atoms with E-state index in [0.717, 1.165) is 44.3 Å². The molecule has 4 aliphatic rings. The monoisotopic (exact) mass is 772 g/mol. The molecule has 0 nitrogen and oxygen atoms in total. The topological polar surface area (TPSA) is 0 Å². The van der Waals surface area contributed by atoms with Gasteiger partial charge in [0.2, 0.25) is 0 Å². The van der Waals surface area contributed by atoms with Crippen molar-refractivity contribution in [2.24, 2.45) is 0 Å². The number of hydrogen-bond acceptors (Lipinski definition) is 0. The van der Waals surface area contributed by atoms with Gasteiger partial charge in [-0.2, -0.15) is 0 Å². The van der Waals surface area contributed by atoms with Crippen molar-refractivity contribution < 1.29 is 0 Å². The van der Waals surface area contributed by atoms with E-state index in [-0.39, 0.29) is 13.9 Å². The van der Waals surface area contributed by atoms with E-state index in [1.54, 1.807) is 0 Å². The maximum atomic E-state index is 3.41. The van der Waals surface area contributed by atoms with Crippen LogP contribution in [0.15, 0.2) is 0 Å². The van der Waals surface area contributed by atoms with Gasteiger partial charge in [-0.1, -0.05) is 207 Å². The van der Waals surface area contributed by atoms with Gasteiger partial charge in [-0.15, -0.1) is 0 Å². The van der Waals surface area contributed by atoms with E-state index in [2.05, 4.69) is 163 Å². The second-order valence-corrected chi connectivity index (χ2v) is 152. The minimum atomic E-state index is -1.63.